The monoisotopic (exact) mass is 316 g/mol. The van der Waals surface area contributed by atoms with Gasteiger partial charge in [-0.25, -0.2) is 9.97 Å². The minimum absolute atomic E-state index is 0.357. The molecule has 1 aliphatic rings. The molecular weight excluding hydrogens is 292 g/mol. The molecule has 0 spiro atoms. The first-order valence-corrected chi connectivity index (χ1v) is 8.09. The molecule has 1 aromatic heterocycles. The molecule has 2 heterocycles. The number of ether oxygens (including phenoxy) is 2. The molecule has 1 aliphatic heterocycles. The number of rotatable bonds is 5. The normalized spacial score (nSPS) is 16.7. The van der Waals surface area contributed by atoms with Crippen molar-refractivity contribution in [1.29, 1.82) is 0 Å². The Bertz CT molecular complexity index is 669. The summed E-state index contributed by atoms with van der Waals surface area (Å²) in [5, 5.41) is 0. The Morgan fingerprint density at radius 2 is 2.00 bits per heavy atom. The van der Waals surface area contributed by atoms with E-state index in [4.69, 9.17) is 15.2 Å². The van der Waals surface area contributed by atoms with Crippen LogP contribution in [0, 0.1) is 6.92 Å². The van der Waals surface area contributed by atoms with Crippen molar-refractivity contribution in [1.82, 2.24) is 14.9 Å². The summed E-state index contributed by atoms with van der Waals surface area (Å²) < 4.78 is 11.1. The number of nitrogens with two attached hydrogens (primary N) is 1. The molecule has 1 fully saturated rings. The molecule has 0 radical (unpaired) electrons. The van der Waals surface area contributed by atoms with Gasteiger partial charge in [-0.05, 0) is 45.0 Å². The molecule has 6 heteroatoms. The lowest BCUT2D eigenvalue weighted by Crippen LogP contribution is -2.41. The van der Waals surface area contributed by atoms with Crippen LogP contribution >= 0.6 is 0 Å². The second kappa shape index (κ2) is 7.10. The molecule has 124 valence electrons. The van der Waals surface area contributed by atoms with Crippen LogP contribution in [-0.4, -0.2) is 54.3 Å². The fourth-order valence-corrected chi connectivity index (χ4v) is 2.82. The van der Waals surface area contributed by atoms with E-state index in [1.54, 1.807) is 7.11 Å². The zero-order valence-corrected chi connectivity index (χ0v) is 13.8. The van der Waals surface area contributed by atoms with Crippen molar-refractivity contribution in [3.63, 3.8) is 0 Å². The van der Waals surface area contributed by atoms with Gasteiger partial charge < -0.3 is 15.2 Å². The highest BCUT2D eigenvalue weighted by molar-refractivity contribution is 5.76. The van der Waals surface area contributed by atoms with Crippen molar-refractivity contribution in [3.05, 3.63) is 23.9 Å². The van der Waals surface area contributed by atoms with E-state index in [9.17, 15) is 0 Å². The van der Waals surface area contributed by atoms with Crippen molar-refractivity contribution < 1.29 is 9.47 Å². The smallest absolute Gasteiger partial charge is 0.235 e. The second-order valence-electron chi connectivity index (χ2n) is 6.00. The van der Waals surface area contributed by atoms with Crippen LogP contribution in [-0.2, 0) is 0 Å². The summed E-state index contributed by atoms with van der Waals surface area (Å²) in [5.41, 5.74) is 8.37. The van der Waals surface area contributed by atoms with Gasteiger partial charge in [0.05, 0.1) is 18.1 Å². The molecular formula is C17H24N4O2. The van der Waals surface area contributed by atoms with E-state index in [0.29, 0.717) is 18.5 Å². The zero-order chi connectivity index (χ0) is 16.2. The molecule has 6 nitrogen and oxygen atoms in total. The lowest BCUT2D eigenvalue weighted by molar-refractivity contribution is 0.171. The van der Waals surface area contributed by atoms with E-state index in [1.807, 2.05) is 25.1 Å². The third-order valence-electron chi connectivity index (χ3n) is 4.28. The lowest BCUT2D eigenvalue weighted by atomic mass is 10.1. The number of aromatic nitrogens is 2. The van der Waals surface area contributed by atoms with Crippen molar-refractivity contribution in [3.8, 4) is 11.6 Å². The number of hydrogen-bond donors (Lipinski definition) is 1. The second-order valence-corrected chi connectivity index (χ2v) is 6.00. The minimum atomic E-state index is 0.357. The fraction of sp³-hybridized carbons (Fsp3) is 0.529. The SMILES string of the molecule is COc1ccc2nc(C)c(OCCN3CCC(N)CC3)nc2c1. The maximum Gasteiger partial charge on any atom is 0.235 e. The topological polar surface area (TPSA) is 73.5 Å². The summed E-state index contributed by atoms with van der Waals surface area (Å²) in [5.74, 6) is 1.37. The molecule has 3 rings (SSSR count). The molecule has 0 saturated carbocycles. The number of piperidine rings is 1. The lowest BCUT2D eigenvalue weighted by Gasteiger charge is -2.29. The van der Waals surface area contributed by atoms with Crippen LogP contribution in [0.5, 0.6) is 11.6 Å². The maximum atomic E-state index is 5.93. The van der Waals surface area contributed by atoms with Gasteiger partial charge in [-0.1, -0.05) is 0 Å². The van der Waals surface area contributed by atoms with E-state index in [2.05, 4.69) is 14.9 Å². The van der Waals surface area contributed by atoms with Gasteiger partial charge in [-0.2, -0.15) is 0 Å². The van der Waals surface area contributed by atoms with Crippen LogP contribution in [0.3, 0.4) is 0 Å². The number of fused-ring (bicyclic) bond motifs is 1. The number of benzene rings is 1. The van der Waals surface area contributed by atoms with Crippen molar-refractivity contribution in [2.24, 2.45) is 5.73 Å². The molecule has 0 aliphatic carbocycles. The molecule has 0 atom stereocenters. The largest absolute Gasteiger partial charge is 0.497 e. The van der Waals surface area contributed by atoms with E-state index in [1.165, 1.54) is 0 Å². The van der Waals surface area contributed by atoms with Gasteiger partial charge in [-0.15, -0.1) is 0 Å². The van der Waals surface area contributed by atoms with Gasteiger partial charge >= 0.3 is 0 Å². The van der Waals surface area contributed by atoms with Crippen LogP contribution in [0.4, 0.5) is 0 Å². The van der Waals surface area contributed by atoms with Crippen molar-refractivity contribution in [2.75, 3.05) is 33.4 Å². The maximum absolute atomic E-state index is 5.93. The quantitative estimate of drug-likeness (QED) is 0.906. The Kier molecular flexibility index (Phi) is 4.93. The number of aryl methyl sites for hydroxylation is 1. The van der Waals surface area contributed by atoms with E-state index in [0.717, 1.165) is 55.0 Å². The first-order valence-electron chi connectivity index (χ1n) is 8.09. The number of hydrogen-bond acceptors (Lipinski definition) is 6. The predicted molar refractivity (Wildman–Crippen MR) is 90.0 cm³/mol. The van der Waals surface area contributed by atoms with Crippen LogP contribution in [0.15, 0.2) is 18.2 Å². The molecule has 2 N–H and O–H groups in total. The number of nitrogens with zero attached hydrogens (tertiary/aromatic N) is 3. The molecule has 1 aromatic carbocycles. The average Bonchev–Trinajstić information content (AvgIpc) is 2.56. The summed E-state index contributed by atoms with van der Waals surface area (Å²) >= 11 is 0. The molecule has 23 heavy (non-hydrogen) atoms. The number of likely N-dealkylation sites (tertiary alicyclic amines) is 1. The third-order valence-corrected chi connectivity index (χ3v) is 4.28. The predicted octanol–water partition coefficient (Wildman–Crippen LogP) is 1.75. The summed E-state index contributed by atoms with van der Waals surface area (Å²) in [7, 11) is 1.64. The van der Waals surface area contributed by atoms with E-state index in [-0.39, 0.29) is 0 Å². The van der Waals surface area contributed by atoms with Gasteiger partial charge in [0, 0.05) is 18.7 Å². The van der Waals surface area contributed by atoms with Gasteiger partial charge in [0.25, 0.3) is 0 Å². The highest BCUT2D eigenvalue weighted by atomic mass is 16.5. The van der Waals surface area contributed by atoms with Gasteiger partial charge in [0.2, 0.25) is 5.88 Å². The van der Waals surface area contributed by atoms with Gasteiger partial charge in [0.15, 0.2) is 0 Å². The first-order chi connectivity index (χ1) is 11.2. The number of methoxy groups -OCH3 is 1. The highest BCUT2D eigenvalue weighted by Crippen LogP contribution is 2.22. The fourth-order valence-electron chi connectivity index (χ4n) is 2.82. The Balaban J connectivity index is 1.64. The van der Waals surface area contributed by atoms with Crippen molar-refractivity contribution in [2.45, 2.75) is 25.8 Å². The van der Waals surface area contributed by atoms with Crippen LogP contribution in [0.1, 0.15) is 18.5 Å². The first kappa shape index (κ1) is 16.0. The Morgan fingerprint density at radius 3 is 2.74 bits per heavy atom. The molecule has 0 bridgehead atoms. The van der Waals surface area contributed by atoms with Gasteiger partial charge in [0.1, 0.15) is 18.1 Å². The molecule has 2 aromatic rings. The van der Waals surface area contributed by atoms with Crippen LogP contribution in [0.25, 0.3) is 11.0 Å². The van der Waals surface area contributed by atoms with Crippen LogP contribution < -0.4 is 15.2 Å². The molecule has 0 unspecified atom stereocenters. The Hall–Kier alpha value is -1.92. The van der Waals surface area contributed by atoms with Crippen molar-refractivity contribution >= 4 is 11.0 Å². The average molecular weight is 316 g/mol. The Labute approximate surface area is 136 Å². The highest BCUT2D eigenvalue weighted by Gasteiger charge is 2.16. The van der Waals surface area contributed by atoms with Crippen LogP contribution in [0.2, 0.25) is 0 Å². The summed E-state index contributed by atoms with van der Waals surface area (Å²) in [6, 6.07) is 6.03. The molecule has 0 amide bonds. The Morgan fingerprint density at radius 1 is 1.22 bits per heavy atom. The summed E-state index contributed by atoms with van der Waals surface area (Å²) in [4.78, 5) is 11.5. The molecule has 1 saturated heterocycles. The van der Waals surface area contributed by atoms with Gasteiger partial charge in [-0.3, -0.25) is 4.90 Å². The summed E-state index contributed by atoms with van der Waals surface area (Å²) in [6.07, 6.45) is 2.13. The third kappa shape index (κ3) is 3.89. The standard InChI is InChI=1S/C17H24N4O2/c1-12-17(23-10-9-21-7-5-13(18)6-8-21)20-16-11-14(22-2)3-4-15(16)19-12/h3-4,11,13H,5-10,18H2,1-2H3. The zero-order valence-electron chi connectivity index (χ0n) is 13.8. The summed E-state index contributed by atoms with van der Waals surface area (Å²) in [6.45, 7) is 5.52. The minimum Gasteiger partial charge on any atom is -0.497 e. The van der Waals surface area contributed by atoms with E-state index < -0.39 is 0 Å². The van der Waals surface area contributed by atoms with E-state index >= 15 is 0 Å².